The first kappa shape index (κ1) is 15.9. The largest absolute Gasteiger partial charge is 0.460 e. The van der Waals surface area contributed by atoms with Gasteiger partial charge in [0.15, 0.2) is 0 Å². The minimum Gasteiger partial charge on any atom is -0.460 e. The Balaban J connectivity index is 1.84. The molecule has 0 saturated heterocycles. The quantitative estimate of drug-likeness (QED) is 0.730. The number of carbonyl (C=O) groups excluding carboxylic acids is 1. The van der Waals surface area contributed by atoms with Gasteiger partial charge in [-0.2, -0.15) is 0 Å². The normalized spacial score (nSPS) is 10.6. The number of nitrogens with zero attached hydrogens (tertiary/aromatic N) is 2. The summed E-state index contributed by atoms with van der Waals surface area (Å²) in [5.41, 5.74) is 2.39. The lowest BCUT2D eigenvalue weighted by Crippen LogP contribution is -2.06. The van der Waals surface area contributed by atoms with Crippen molar-refractivity contribution < 1.29 is 13.9 Å². The lowest BCUT2D eigenvalue weighted by atomic mass is 10.0. The fourth-order valence-electron chi connectivity index (χ4n) is 2.37. The van der Waals surface area contributed by atoms with Gasteiger partial charge in [-0.05, 0) is 35.7 Å². The minimum atomic E-state index is -0.574. The summed E-state index contributed by atoms with van der Waals surface area (Å²) in [6, 6.07) is 14.7. The fraction of sp³-hybridized carbons (Fsp3) is 0.167. The number of aromatic amines is 1. The van der Waals surface area contributed by atoms with Crippen molar-refractivity contribution in [3.63, 3.8) is 0 Å². The molecule has 0 radical (unpaired) electrons. The van der Waals surface area contributed by atoms with Crippen LogP contribution in [0.2, 0.25) is 0 Å². The summed E-state index contributed by atoms with van der Waals surface area (Å²) in [7, 11) is 0. The first-order chi connectivity index (χ1) is 11.7. The maximum Gasteiger partial charge on any atom is 0.376 e. The molecule has 0 aliphatic heterocycles. The van der Waals surface area contributed by atoms with E-state index >= 15 is 0 Å². The number of hydrogen-bond donors (Lipinski definition) is 1. The minimum absolute atomic E-state index is 0.0199. The van der Waals surface area contributed by atoms with Crippen molar-refractivity contribution >= 4 is 5.97 Å². The smallest absolute Gasteiger partial charge is 0.376 e. The van der Waals surface area contributed by atoms with Gasteiger partial charge in [0.05, 0.1) is 6.61 Å². The molecule has 5 nitrogen and oxygen atoms in total. The summed E-state index contributed by atoms with van der Waals surface area (Å²) >= 11 is 0. The molecular formula is C18H16FN3O2. The van der Waals surface area contributed by atoms with Crippen LogP contribution in [0.1, 0.15) is 28.9 Å². The van der Waals surface area contributed by atoms with Crippen molar-refractivity contribution in [2.45, 2.75) is 13.3 Å². The van der Waals surface area contributed by atoms with Crippen molar-refractivity contribution in [3.8, 4) is 11.1 Å². The molecule has 3 rings (SSSR count). The van der Waals surface area contributed by atoms with Gasteiger partial charge >= 0.3 is 5.97 Å². The maximum atomic E-state index is 14.1. The summed E-state index contributed by atoms with van der Waals surface area (Å²) in [6.45, 7) is 1.96. The average Bonchev–Trinajstić information content (AvgIpc) is 3.07. The number of esters is 1. The van der Waals surface area contributed by atoms with Crippen molar-refractivity contribution in [2.75, 3.05) is 6.61 Å². The summed E-state index contributed by atoms with van der Waals surface area (Å²) < 4.78 is 18.9. The first-order valence-electron chi connectivity index (χ1n) is 7.60. The highest BCUT2D eigenvalue weighted by Crippen LogP contribution is 2.23. The molecule has 3 aromatic rings. The number of aromatic nitrogens is 3. The molecule has 0 aliphatic rings. The molecule has 24 heavy (non-hydrogen) atoms. The van der Waals surface area contributed by atoms with Crippen LogP contribution in [0.15, 0.2) is 48.5 Å². The van der Waals surface area contributed by atoms with E-state index in [1.165, 1.54) is 6.07 Å². The second kappa shape index (κ2) is 7.04. The SMILES string of the molecule is CCOC(=O)c1nnc(Cc2cc(-c3ccccc3)ccc2F)[nH]1. The molecule has 2 aromatic carbocycles. The van der Waals surface area contributed by atoms with E-state index in [0.29, 0.717) is 11.4 Å². The van der Waals surface area contributed by atoms with Gasteiger partial charge in [-0.1, -0.05) is 36.4 Å². The van der Waals surface area contributed by atoms with Crippen molar-refractivity contribution in [2.24, 2.45) is 0 Å². The second-order valence-corrected chi connectivity index (χ2v) is 5.19. The van der Waals surface area contributed by atoms with E-state index in [0.717, 1.165) is 11.1 Å². The summed E-state index contributed by atoms with van der Waals surface area (Å²) in [5.74, 6) is -0.479. The Labute approximate surface area is 138 Å². The van der Waals surface area contributed by atoms with E-state index in [1.54, 1.807) is 19.1 Å². The first-order valence-corrected chi connectivity index (χ1v) is 7.60. The average molecular weight is 325 g/mol. The Morgan fingerprint density at radius 3 is 2.67 bits per heavy atom. The van der Waals surface area contributed by atoms with E-state index in [-0.39, 0.29) is 24.7 Å². The van der Waals surface area contributed by atoms with Crippen LogP contribution in [0.5, 0.6) is 0 Å². The monoisotopic (exact) mass is 325 g/mol. The number of hydrogen-bond acceptors (Lipinski definition) is 4. The number of benzene rings is 2. The predicted molar refractivity (Wildman–Crippen MR) is 87.0 cm³/mol. The molecule has 0 unspecified atom stereocenters. The van der Waals surface area contributed by atoms with Crippen LogP contribution in [0.25, 0.3) is 11.1 Å². The molecule has 0 bridgehead atoms. The van der Waals surface area contributed by atoms with Crippen LogP contribution in [0, 0.1) is 5.82 Å². The number of H-pyrrole nitrogens is 1. The molecule has 6 heteroatoms. The lowest BCUT2D eigenvalue weighted by molar-refractivity contribution is 0.0512. The molecule has 1 N–H and O–H groups in total. The zero-order valence-electron chi connectivity index (χ0n) is 13.1. The van der Waals surface area contributed by atoms with Crippen LogP contribution < -0.4 is 0 Å². The number of halogens is 1. The van der Waals surface area contributed by atoms with E-state index in [4.69, 9.17) is 4.74 Å². The van der Waals surface area contributed by atoms with Crippen LogP contribution >= 0.6 is 0 Å². The van der Waals surface area contributed by atoms with Gasteiger partial charge in [0, 0.05) is 6.42 Å². The van der Waals surface area contributed by atoms with Gasteiger partial charge in [-0.25, -0.2) is 9.18 Å². The van der Waals surface area contributed by atoms with E-state index < -0.39 is 5.97 Å². The topological polar surface area (TPSA) is 67.9 Å². The van der Waals surface area contributed by atoms with E-state index in [2.05, 4.69) is 15.2 Å². The summed E-state index contributed by atoms with van der Waals surface area (Å²) in [4.78, 5) is 14.4. The highest BCUT2D eigenvalue weighted by molar-refractivity contribution is 5.84. The maximum absolute atomic E-state index is 14.1. The lowest BCUT2D eigenvalue weighted by Gasteiger charge is -2.06. The van der Waals surface area contributed by atoms with Gasteiger partial charge in [0.2, 0.25) is 5.82 Å². The van der Waals surface area contributed by atoms with Gasteiger partial charge in [0.1, 0.15) is 11.6 Å². The molecule has 0 aliphatic carbocycles. The summed E-state index contributed by atoms with van der Waals surface area (Å²) in [5, 5.41) is 7.62. The van der Waals surface area contributed by atoms with Gasteiger partial charge < -0.3 is 9.72 Å². The van der Waals surface area contributed by atoms with Gasteiger partial charge in [-0.3, -0.25) is 0 Å². The Morgan fingerprint density at radius 2 is 1.92 bits per heavy atom. The van der Waals surface area contributed by atoms with Crippen LogP contribution in [0.3, 0.4) is 0 Å². The molecule has 0 amide bonds. The third-order valence-electron chi connectivity index (χ3n) is 3.51. The predicted octanol–water partition coefficient (Wildman–Crippen LogP) is 3.38. The van der Waals surface area contributed by atoms with Crippen LogP contribution in [0.4, 0.5) is 4.39 Å². The Bertz CT molecular complexity index is 846. The molecule has 0 spiro atoms. The Morgan fingerprint density at radius 1 is 1.12 bits per heavy atom. The van der Waals surface area contributed by atoms with Gasteiger partial charge in [0.25, 0.3) is 0 Å². The molecule has 1 aromatic heterocycles. The molecule has 122 valence electrons. The van der Waals surface area contributed by atoms with Crippen molar-refractivity contribution in [1.82, 2.24) is 15.2 Å². The molecular weight excluding hydrogens is 309 g/mol. The molecule has 0 atom stereocenters. The number of carbonyl (C=O) groups is 1. The van der Waals surface area contributed by atoms with Crippen LogP contribution in [-0.4, -0.2) is 27.8 Å². The van der Waals surface area contributed by atoms with E-state index in [1.807, 2.05) is 30.3 Å². The Hall–Kier alpha value is -3.02. The van der Waals surface area contributed by atoms with E-state index in [9.17, 15) is 9.18 Å². The number of nitrogens with one attached hydrogen (secondary N) is 1. The third kappa shape index (κ3) is 3.48. The number of ether oxygens (including phenoxy) is 1. The molecule has 0 saturated carbocycles. The highest BCUT2D eigenvalue weighted by Gasteiger charge is 2.14. The standard InChI is InChI=1S/C18H16FN3O2/c1-2-24-18(23)17-20-16(21-22-17)11-14-10-13(8-9-15(14)19)12-6-4-3-5-7-12/h3-10H,2,11H2,1H3,(H,20,21,22). The van der Waals surface area contributed by atoms with Crippen molar-refractivity contribution in [3.05, 3.63) is 71.6 Å². The third-order valence-corrected chi connectivity index (χ3v) is 3.51. The zero-order valence-corrected chi connectivity index (χ0v) is 13.1. The fourth-order valence-corrected chi connectivity index (χ4v) is 2.37. The highest BCUT2D eigenvalue weighted by atomic mass is 19.1. The number of rotatable bonds is 5. The van der Waals surface area contributed by atoms with Crippen LogP contribution in [-0.2, 0) is 11.2 Å². The van der Waals surface area contributed by atoms with Crippen molar-refractivity contribution in [1.29, 1.82) is 0 Å². The zero-order chi connectivity index (χ0) is 16.9. The Kier molecular flexibility index (Phi) is 4.65. The van der Waals surface area contributed by atoms with Gasteiger partial charge in [-0.15, -0.1) is 10.2 Å². The molecule has 1 heterocycles. The second-order valence-electron chi connectivity index (χ2n) is 5.19. The summed E-state index contributed by atoms with van der Waals surface area (Å²) in [6.07, 6.45) is 0.207. The molecule has 0 fully saturated rings.